The maximum atomic E-state index is 5.83. The van der Waals surface area contributed by atoms with Crippen molar-refractivity contribution in [2.24, 2.45) is 0 Å². The van der Waals surface area contributed by atoms with Gasteiger partial charge >= 0.3 is 0 Å². The Balaban J connectivity index is 1.96. The third-order valence-corrected chi connectivity index (χ3v) is 3.22. The molecule has 80 valence electrons. The first kappa shape index (κ1) is 9.01. The summed E-state index contributed by atoms with van der Waals surface area (Å²) in [5.74, 6) is 2.08. The standard InChI is InChI=1S/C12H16N2O/c1-3-9-6-10-11(15-9)5-8-4-7(2)13-12(8)14-10/h5,7,9H,3-4,6H2,1-2H3,(H,13,14). The zero-order chi connectivity index (χ0) is 10.4. The van der Waals surface area contributed by atoms with Crippen LogP contribution in [0.5, 0.6) is 5.75 Å². The summed E-state index contributed by atoms with van der Waals surface area (Å²) >= 11 is 0. The van der Waals surface area contributed by atoms with Gasteiger partial charge < -0.3 is 10.1 Å². The van der Waals surface area contributed by atoms with Crippen LogP contribution in [0.4, 0.5) is 5.82 Å². The number of hydrogen-bond donors (Lipinski definition) is 1. The zero-order valence-electron chi connectivity index (χ0n) is 9.21. The highest BCUT2D eigenvalue weighted by Gasteiger charge is 2.27. The highest BCUT2D eigenvalue weighted by Crippen LogP contribution is 2.35. The van der Waals surface area contributed by atoms with E-state index < -0.39 is 0 Å². The van der Waals surface area contributed by atoms with Crippen molar-refractivity contribution in [2.75, 3.05) is 5.32 Å². The average molecular weight is 204 g/mol. The van der Waals surface area contributed by atoms with Gasteiger partial charge in [0.1, 0.15) is 17.7 Å². The summed E-state index contributed by atoms with van der Waals surface area (Å²) in [4.78, 5) is 4.65. The third-order valence-electron chi connectivity index (χ3n) is 3.22. The predicted molar refractivity (Wildman–Crippen MR) is 59.4 cm³/mol. The van der Waals surface area contributed by atoms with Crippen LogP contribution in [-0.4, -0.2) is 17.1 Å². The number of ether oxygens (including phenoxy) is 1. The molecule has 1 N–H and O–H groups in total. The lowest BCUT2D eigenvalue weighted by molar-refractivity contribution is 0.228. The van der Waals surface area contributed by atoms with Gasteiger partial charge in [0.2, 0.25) is 0 Å². The van der Waals surface area contributed by atoms with Crippen molar-refractivity contribution in [3.05, 3.63) is 17.3 Å². The Bertz CT molecular complexity index is 368. The monoisotopic (exact) mass is 204 g/mol. The number of pyridine rings is 1. The van der Waals surface area contributed by atoms with Gasteiger partial charge in [-0.25, -0.2) is 4.98 Å². The molecule has 3 nitrogen and oxygen atoms in total. The topological polar surface area (TPSA) is 34.1 Å². The summed E-state index contributed by atoms with van der Waals surface area (Å²) in [6.45, 7) is 4.34. The van der Waals surface area contributed by atoms with Crippen molar-refractivity contribution in [3.63, 3.8) is 0 Å². The Morgan fingerprint density at radius 1 is 1.53 bits per heavy atom. The Hall–Kier alpha value is -1.25. The number of rotatable bonds is 1. The van der Waals surface area contributed by atoms with Gasteiger partial charge in [-0.05, 0) is 25.8 Å². The van der Waals surface area contributed by atoms with E-state index in [1.807, 2.05) is 0 Å². The third kappa shape index (κ3) is 1.37. The van der Waals surface area contributed by atoms with Crippen molar-refractivity contribution in [3.8, 4) is 5.75 Å². The van der Waals surface area contributed by atoms with E-state index >= 15 is 0 Å². The molecule has 2 unspecified atom stereocenters. The number of nitrogens with one attached hydrogen (secondary N) is 1. The fraction of sp³-hybridized carbons (Fsp3) is 0.583. The molecule has 2 aliphatic rings. The van der Waals surface area contributed by atoms with Gasteiger partial charge in [0, 0.05) is 18.0 Å². The molecule has 1 aromatic heterocycles. The fourth-order valence-corrected chi connectivity index (χ4v) is 2.38. The first-order valence-corrected chi connectivity index (χ1v) is 5.72. The van der Waals surface area contributed by atoms with E-state index in [1.165, 1.54) is 5.56 Å². The Morgan fingerprint density at radius 2 is 2.40 bits per heavy atom. The molecule has 0 aromatic carbocycles. The summed E-state index contributed by atoms with van der Waals surface area (Å²) in [6, 6.07) is 2.68. The molecule has 0 bridgehead atoms. The zero-order valence-corrected chi connectivity index (χ0v) is 9.21. The normalized spacial score (nSPS) is 26.8. The second kappa shape index (κ2) is 3.12. The van der Waals surface area contributed by atoms with E-state index in [1.54, 1.807) is 0 Å². The largest absolute Gasteiger partial charge is 0.488 e. The molecule has 1 aromatic rings. The molecule has 0 aliphatic carbocycles. The van der Waals surface area contributed by atoms with Crippen LogP contribution < -0.4 is 10.1 Å². The van der Waals surface area contributed by atoms with Crippen molar-refractivity contribution in [1.82, 2.24) is 4.98 Å². The summed E-state index contributed by atoms with van der Waals surface area (Å²) in [5.41, 5.74) is 2.43. The predicted octanol–water partition coefficient (Wildman–Crippen LogP) is 2.15. The number of hydrogen-bond acceptors (Lipinski definition) is 3. The highest BCUT2D eigenvalue weighted by molar-refractivity contribution is 5.55. The average Bonchev–Trinajstić information content (AvgIpc) is 2.74. The van der Waals surface area contributed by atoms with E-state index in [0.29, 0.717) is 12.1 Å². The minimum atomic E-state index is 0.340. The fourth-order valence-electron chi connectivity index (χ4n) is 2.38. The number of nitrogens with zero attached hydrogens (tertiary/aromatic N) is 1. The first-order valence-electron chi connectivity index (χ1n) is 5.72. The maximum Gasteiger partial charge on any atom is 0.141 e. The summed E-state index contributed by atoms with van der Waals surface area (Å²) in [7, 11) is 0. The number of fused-ring (bicyclic) bond motifs is 2. The molecule has 2 aliphatic heterocycles. The molecular formula is C12H16N2O. The van der Waals surface area contributed by atoms with Gasteiger partial charge in [0.15, 0.2) is 0 Å². The van der Waals surface area contributed by atoms with Gasteiger partial charge in [-0.15, -0.1) is 0 Å². The van der Waals surface area contributed by atoms with E-state index in [9.17, 15) is 0 Å². The van der Waals surface area contributed by atoms with Gasteiger partial charge in [-0.1, -0.05) is 6.92 Å². The highest BCUT2D eigenvalue weighted by atomic mass is 16.5. The minimum Gasteiger partial charge on any atom is -0.488 e. The van der Waals surface area contributed by atoms with E-state index in [2.05, 4.69) is 30.2 Å². The van der Waals surface area contributed by atoms with Crippen molar-refractivity contribution in [1.29, 1.82) is 0 Å². The summed E-state index contributed by atoms with van der Waals surface area (Å²) in [5, 5.41) is 3.39. The first-order chi connectivity index (χ1) is 7.26. The van der Waals surface area contributed by atoms with Gasteiger partial charge in [0.05, 0.1) is 5.69 Å². The van der Waals surface area contributed by atoms with Crippen LogP contribution in [0.25, 0.3) is 0 Å². The molecule has 15 heavy (non-hydrogen) atoms. The number of anilines is 1. The van der Waals surface area contributed by atoms with E-state index in [4.69, 9.17) is 4.74 Å². The molecule has 0 saturated carbocycles. The van der Waals surface area contributed by atoms with E-state index in [-0.39, 0.29) is 0 Å². The SMILES string of the molecule is CCC1Cc2nc3c(cc2O1)CC(C)N3. The van der Waals surface area contributed by atoms with Crippen LogP contribution in [-0.2, 0) is 12.8 Å². The lowest BCUT2D eigenvalue weighted by atomic mass is 10.1. The maximum absolute atomic E-state index is 5.83. The Kier molecular flexibility index (Phi) is 1.87. The molecule has 0 saturated heterocycles. The molecule has 0 radical (unpaired) electrons. The molecule has 3 rings (SSSR count). The minimum absolute atomic E-state index is 0.340. The molecule has 3 heteroatoms. The van der Waals surface area contributed by atoms with Crippen LogP contribution in [0.15, 0.2) is 6.07 Å². The number of aromatic nitrogens is 1. The Labute approximate surface area is 89.9 Å². The van der Waals surface area contributed by atoms with Crippen molar-refractivity contribution in [2.45, 2.75) is 45.3 Å². The summed E-state index contributed by atoms with van der Waals surface area (Å²) in [6.07, 6.45) is 3.43. The molecular weight excluding hydrogens is 188 g/mol. The van der Waals surface area contributed by atoms with Crippen molar-refractivity contribution < 1.29 is 4.74 Å². The smallest absolute Gasteiger partial charge is 0.141 e. The molecule has 2 atom stereocenters. The quantitative estimate of drug-likeness (QED) is 0.761. The van der Waals surface area contributed by atoms with Gasteiger partial charge in [-0.3, -0.25) is 0 Å². The van der Waals surface area contributed by atoms with Crippen LogP contribution in [0.3, 0.4) is 0 Å². The molecule has 0 amide bonds. The molecule has 0 spiro atoms. The lowest BCUT2D eigenvalue weighted by Crippen LogP contribution is -2.11. The van der Waals surface area contributed by atoms with Crippen LogP contribution >= 0.6 is 0 Å². The van der Waals surface area contributed by atoms with E-state index in [0.717, 1.165) is 36.5 Å². The molecule has 3 heterocycles. The summed E-state index contributed by atoms with van der Waals surface area (Å²) < 4.78 is 5.83. The second-order valence-electron chi connectivity index (χ2n) is 4.54. The molecule has 0 fully saturated rings. The van der Waals surface area contributed by atoms with Gasteiger partial charge in [-0.2, -0.15) is 0 Å². The van der Waals surface area contributed by atoms with Crippen LogP contribution in [0.2, 0.25) is 0 Å². The van der Waals surface area contributed by atoms with Crippen LogP contribution in [0.1, 0.15) is 31.5 Å². The van der Waals surface area contributed by atoms with Crippen LogP contribution in [0, 0.1) is 0 Å². The van der Waals surface area contributed by atoms with Gasteiger partial charge in [0.25, 0.3) is 0 Å². The second-order valence-corrected chi connectivity index (χ2v) is 4.54. The van der Waals surface area contributed by atoms with Crippen molar-refractivity contribution >= 4 is 5.82 Å². The lowest BCUT2D eigenvalue weighted by Gasteiger charge is -2.05. The Morgan fingerprint density at radius 3 is 3.20 bits per heavy atom.